The maximum Gasteiger partial charge on any atom is 0.166 e. The van der Waals surface area contributed by atoms with Crippen molar-refractivity contribution in [3.63, 3.8) is 0 Å². The third kappa shape index (κ3) is 4.19. The van der Waals surface area contributed by atoms with Gasteiger partial charge in [0.25, 0.3) is 0 Å². The number of nitrogens with one attached hydrogen (secondary N) is 1. The Morgan fingerprint density at radius 2 is 1.53 bits per heavy atom. The molecule has 6 heteroatoms. The first kappa shape index (κ1) is 20.0. The van der Waals surface area contributed by atoms with E-state index in [-0.39, 0.29) is 0 Å². The summed E-state index contributed by atoms with van der Waals surface area (Å²) < 4.78 is 2.23. The fraction of sp³-hybridized carbons (Fsp3) is 0.292. The van der Waals surface area contributed by atoms with Crippen LogP contribution in [0.15, 0.2) is 60.7 Å². The Bertz CT molecular complexity index is 1100. The molecule has 0 aliphatic carbocycles. The lowest BCUT2D eigenvalue weighted by Gasteiger charge is -2.19. The Morgan fingerprint density at radius 1 is 0.867 bits per heavy atom. The van der Waals surface area contributed by atoms with E-state index in [1.165, 1.54) is 0 Å². The fourth-order valence-electron chi connectivity index (χ4n) is 3.66. The van der Waals surface area contributed by atoms with E-state index < -0.39 is 0 Å². The number of nitrogens with zero attached hydrogens (tertiary/aromatic N) is 5. The molecule has 0 saturated carbocycles. The lowest BCUT2D eigenvalue weighted by atomic mass is 10.2. The van der Waals surface area contributed by atoms with Gasteiger partial charge in [0.2, 0.25) is 0 Å². The predicted molar refractivity (Wildman–Crippen MR) is 123 cm³/mol. The van der Waals surface area contributed by atoms with Crippen LogP contribution in [0.25, 0.3) is 22.6 Å². The molecule has 2 aromatic carbocycles. The highest BCUT2D eigenvalue weighted by molar-refractivity contribution is 5.88. The molecule has 0 radical (unpaired) electrons. The summed E-state index contributed by atoms with van der Waals surface area (Å²) in [6.07, 6.45) is 0. The van der Waals surface area contributed by atoms with E-state index in [4.69, 9.17) is 9.97 Å². The Hall–Kier alpha value is -3.25. The van der Waals surface area contributed by atoms with Crippen molar-refractivity contribution in [3.05, 3.63) is 66.5 Å². The van der Waals surface area contributed by atoms with Gasteiger partial charge in [0.05, 0.1) is 0 Å². The van der Waals surface area contributed by atoms with E-state index >= 15 is 0 Å². The molecule has 0 atom stereocenters. The first-order chi connectivity index (χ1) is 14.7. The zero-order valence-electron chi connectivity index (χ0n) is 17.8. The molecule has 154 valence electrons. The van der Waals surface area contributed by atoms with Crippen molar-refractivity contribution in [2.24, 2.45) is 0 Å². The van der Waals surface area contributed by atoms with Gasteiger partial charge in [-0.25, -0.2) is 15.0 Å². The molecule has 2 aromatic heterocycles. The molecule has 4 rings (SSSR count). The van der Waals surface area contributed by atoms with Crippen molar-refractivity contribution in [2.45, 2.75) is 27.3 Å². The maximum atomic E-state index is 5.01. The van der Waals surface area contributed by atoms with Gasteiger partial charge in [-0.1, -0.05) is 62.4 Å². The molecule has 30 heavy (non-hydrogen) atoms. The summed E-state index contributed by atoms with van der Waals surface area (Å²) in [5.41, 5.74) is 3.73. The van der Waals surface area contributed by atoms with Crippen LogP contribution in [0.5, 0.6) is 0 Å². The van der Waals surface area contributed by atoms with Gasteiger partial charge in [0, 0.05) is 24.3 Å². The Balaban J connectivity index is 1.84. The van der Waals surface area contributed by atoms with Crippen LogP contribution in [0.4, 0.5) is 11.5 Å². The van der Waals surface area contributed by atoms with Gasteiger partial charge < -0.3 is 14.8 Å². The molecule has 0 aliphatic heterocycles. The predicted octanol–water partition coefficient (Wildman–Crippen LogP) is 4.89. The number of para-hydroxylation sites is 1. The Morgan fingerprint density at radius 3 is 2.20 bits per heavy atom. The lowest BCUT2D eigenvalue weighted by molar-refractivity contribution is 0.292. The number of aromatic nitrogens is 4. The van der Waals surface area contributed by atoms with Crippen LogP contribution in [0.1, 0.15) is 19.7 Å². The molecule has 0 amide bonds. The molecule has 0 bridgehead atoms. The molecule has 0 fully saturated rings. The minimum Gasteiger partial charge on any atom is -0.338 e. The van der Waals surface area contributed by atoms with E-state index in [2.05, 4.69) is 45.7 Å². The second-order valence-electron chi connectivity index (χ2n) is 7.26. The van der Waals surface area contributed by atoms with Gasteiger partial charge in [-0.15, -0.1) is 0 Å². The topological polar surface area (TPSA) is 58.9 Å². The van der Waals surface area contributed by atoms with Crippen LogP contribution in [0.2, 0.25) is 0 Å². The molecular weight excluding hydrogens is 372 g/mol. The van der Waals surface area contributed by atoms with E-state index in [1.54, 1.807) is 0 Å². The first-order valence-corrected chi connectivity index (χ1v) is 10.5. The van der Waals surface area contributed by atoms with Crippen LogP contribution >= 0.6 is 0 Å². The summed E-state index contributed by atoms with van der Waals surface area (Å²) in [4.78, 5) is 16.9. The zero-order chi connectivity index (χ0) is 20.9. The van der Waals surface area contributed by atoms with Gasteiger partial charge >= 0.3 is 0 Å². The van der Waals surface area contributed by atoms with Crippen LogP contribution in [-0.4, -0.2) is 44.1 Å². The highest BCUT2D eigenvalue weighted by Crippen LogP contribution is 2.29. The van der Waals surface area contributed by atoms with Crippen LogP contribution in [0.3, 0.4) is 0 Å². The van der Waals surface area contributed by atoms with E-state index in [0.717, 1.165) is 66.1 Å². The summed E-state index contributed by atoms with van der Waals surface area (Å²) in [5, 5.41) is 3.43. The number of hydrogen-bond acceptors (Lipinski definition) is 5. The van der Waals surface area contributed by atoms with Gasteiger partial charge in [-0.3, -0.25) is 0 Å². The average molecular weight is 401 g/mol. The number of benzene rings is 2. The molecule has 4 aromatic rings. The van der Waals surface area contributed by atoms with Crippen molar-refractivity contribution >= 4 is 22.7 Å². The minimum atomic E-state index is 0.726. The van der Waals surface area contributed by atoms with Gasteiger partial charge in [-0.05, 0) is 32.1 Å². The second-order valence-corrected chi connectivity index (χ2v) is 7.26. The molecular formula is C24H28N6. The smallest absolute Gasteiger partial charge is 0.166 e. The molecule has 0 aliphatic rings. The van der Waals surface area contributed by atoms with Gasteiger partial charge in [-0.2, -0.15) is 0 Å². The molecule has 2 heterocycles. The Kier molecular flexibility index (Phi) is 6.05. The average Bonchev–Trinajstić information content (AvgIpc) is 3.14. The number of rotatable bonds is 8. The molecule has 6 nitrogen and oxygen atoms in total. The van der Waals surface area contributed by atoms with Gasteiger partial charge in [0.1, 0.15) is 11.6 Å². The normalized spacial score (nSPS) is 11.3. The number of anilines is 2. The number of imidazole rings is 1. The van der Waals surface area contributed by atoms with Crippen molar-refractivity contribution in [2.75, 3.05) is 25.0 Å². The molecule has 0 unspecified atom stereocenters. The third-order valence-corrected chi connectivity index (χ3v) is 5.31. The van der Waals surface area contributed by atoms with Crippen LogP contribution < -0.4 is 5.32 Å². The van der Waals surface area contributed by atoms with Gasteiger partial charge in [0.15, 0.2) is 17.0 Å². The molecule has 0 saturated heterocycles. The number of aryl methyl sites for hydroxylation is 1. The second kappa shape index (κ2) is 9.05. The van der Waals surface area contributed by atoms with Crippen molar-refractivity contribution in [3.8, 4) is 11.4 Å². The summed E-state index contributed by atoms with van der Waals surface area (Å²) in [6, 6.07) is 20.4. The molecule has 0 spiro atoms. The summed E-state index contributed by atoms with van der Waals surface area (Å²) in [6.45, 7) is 10.1. The van der Waals surface area contributed by atoms with E-state index in [1.807, 2.05) is 55.5 Å². The number of fused-ring (bicyclic) bond motifs is 1. The largest absolute Gasteiger partial charge is 0.338 e. The quantitative estimate of drug-likeness (QED) is 0.456. The van der Waals surface area contributed by atoms with E-state index in [9.17, 15) is 0 Å². The zero-order valence-corrected chi connectivity index (χ0v) is 17.8. The van der Waals surface area contributed by atoms with E-state index in [0.29, 0.717) is 0 Å². The lowest BCUT2D eigenvalue weighted by Crippen LogP contribution is -2.27. The van der Waals surface area contributed by atoms with Crippen LogP contribution in [0, 0.1) is 6.92 Å². The SMILES string of the molecule is CCN(CC)CCn1c(-c2ccccc2)nc2c(Nc3ccccc3)nc(C)nc21. The summed E-state index contributed by atoms with van der Waals surface area (Å²) in [5.74, 6) is 2.39. The number of likely N-dealkylation sites (N-methyl/N-ethyl adjacent to an activating group) is 1. The standard InChI is InChI=1S/C24H28N6/c1-4-29(5-2)16-17-30-23(19-12-8-6-9-13-19)28-21-22(25-18(3)26-24(21)30)27-20-14-10-7-11-15-20/h6-15H,4-5,16-17H2,1-3H3,(H,25,26,27). The summed E-state index contributed by atoms with van der Waals surface area (Å²) in [7, 11) is 0. The first-order valence-electron chi connectivity index (χ1n) is 10.5. The molecule has 1 N–H and O–H groups in total. The highest BCUT2D eigenvalue weighted by atomic mass is 15.2. The highest BCUT2D eigenvalue weighted by Gasteiger charge is 2.19. The van der Waals surface area contributed by atoms with Crippen molar-refractivity contribution in [1.82, 2.24) is 24.4 Å². The number of hydrogen-bond donors (Lipinski definition) is 1. The summed E-state index contributed by atoms with van der Waals surface area (Å²) >= 11 is 0. The third-order valence-electron chi connectivity index (χ3n) is 5.31. The van der Waals surface area contributed by atoms with Crippen molar-refractivity contribution in [1.29, 1.82) is 0 Å². The van der Waals surface area contributed by atoms with Crippen molar-refractivity contribution < 1.29 is 0 Å². The maximum absolute atomic E-state index is 5.01. The fourth-order valence-corrected chi connectivity index (χ4v) is 3.66. The minimum absolute atomic E-state index is 0.726. The van der Waals surface area contributed by atoms with Crippen LogP contribution in [-0.2, 0) is 6.54 Å². The monoisotopic (exact) mass is 400 g/mol. The Labute approximate surface area is 177 Å².